The summed E-state index contributed by atoms with van der Waals surface area (Å²) in [6.45, 7) is 0.301. The molecule has 2 aromatic heterocycles. The number of ether oxygens (including phenoxy) is 4. The number of hydrogen-bond acceptors (Lipinski definition) is 11. The van der Waals surface area contributed by atoms with Gasteiger partial charge >= 0.3 is 7.60 Å². The van der Waals surface area contributed by atoms with Crippen LogP contribution in [0.15, 0.2) is 30.5 Å². The number of nitrogens with zero attached hydrogens (tertiary/aromatic N) is 4. The molecule has 0 amide bonds. The Labute approximate surface area is 233 Å². The number of benzene rings is 1. The number of aliphatic hydroxyl groups is 2. The summed E-state index contributed by atoms with van der Waals surface area (Å²) in [5.41, 5.74) is 0.959. The molecule has 3 heterocycles. The van der Waals surface area contributed by atoms with Gasteiger partial charge in [-0.15, -0.1) is 0 Å². The fraction of sp³-hybridized carbons (Fsp3) is 0.522. The van der Waals surface area contributed by atoms with Crippen molar-refractivity contribution < 1.29 is 47.9 Å². The first-order valence-corrected chi connectivity index (χ1v) is 14.0. The van der Waals surface area contributed by atoms with Crippen LogP contribution in [0, 0.1) is 5.82 Å². The molecule has 0 aliphatic carbocycles. The summed E-state index contributed by atoms with van der Waals surface area (Å²) < 4.78 is 48.0. The molecule has 0 spiro atoms. The topological polar surface area (TPSA) is 191 Å². The molecule has 17 heteroatoms. The van der Waals surface area contributed by atoms with E-state index >= 15 is 0 Å². The van der Waals surface area contributed by atoms with Gasteiger partial charge in [-0.25, -0.2) is 9.07 Å². The van der Waals surface area contributed by atoms with E-state index in [2.05, 4.69) is 20.4 Å². The number of nitrogens with one attached hydrogen (secondary N) is 1. The van der Waals surface area contributed by atoms with Crippen LogP contribution in [0.2, 0.25) is 5.28 Å². The van der Waals surface area contributed by atoms with Crippen LogP contribution in [0.4, 0.5) is 10.2 Å². The number of rotatable bonds is 12. The fourth-order valence-corrected chi connectivity index (χ4v) is 5.37. The number of fused-ring (bicyclic) bond motifs is 1. The zero-order valence-electron chi connectivity index (χ0n) is 21.7. The molecule has 1 aliphatic rings. The molecule has 14 nitrogen and oxygen atoms in total. The largest absolute Gasteiger partial charge is 0.387 e. The number of methoxy groups -OCH3 is 2. The predicted octanol–water partition coefficient (Wildman–Crippen LogP) is 1.59. The summed E-state index contributed by atoms with van der Waals surface area (Å²) in [5, 5.41) is 27.0. The molecule has 4 rings (SSSR count). The van der Waals surface area contributed by atoms with E-state index < -0.39 is 57.3 Å². The first-order chi connectivity index (χ1) is 18.9. The maximum absolute atomic E-state index is 13.3. The highest BCUT2D eigenvalue weighted by Crippen LogP contribution is 2.52. The Bertz CT molecular complexity index is 1350. The Hall–Kier alpha value is -2.30. The van der Waals surface area contributed by atoms with E-state index in [0.29, 0.717) is 11.2 Å². The van der Waals surface area contributed by atoms with Crippen molar-refractivity contribution in [3.63, 3.8) is 0 Å². The van der Waals surface area contributed by atoms with Gasteiger partial charge in [-0.2, -0.15) is 15.1 Å². The van der Waals surface area contributed by atoms with Crippen molar-refractivity contribution in [3.05, 3.63) is 47.1 Å². The summed E-state index contributed by atoms with van der Waals surface area (Å²) in [6, 6.07) is 5.63. The number of aliphatic hydroxyl groups excluding tert-OH is 2. The molecule has 1 aromatic carbocycles. The van der Waals surface area contributed by atoms with Gasteiger partial charge in [-0.3, -0.25) is 4.57 Å². The molecule has 0 saturated carbocycles. The third kappa shape index (κ3) is 6.14. The van der Waals surface area contributed by atoms with Gasteiger partial charge in [0.15, 0.2) is 11.9 Å². The van der Waals surface area contributed by atoms with Gasteiger partial charge in [0.05, 0.1) is 31.4 Å². The second-order valence-corrected chi connectivity index (χ2v) is 11.5. The van der Waals surface area contributed by atoms with Gasteiger partial charge in [0.25, 0.3) is 0 Å². The van der Waals surface area contributed by atoms with Crippen molar-refractivity contribution in [2.45, 2.75) is 42.8 Å². The van der Waals surface area contributed by atoms with E-state index in [0.717, 1.165) is 5.56 Å². The van der Waals surface area contributed by atoms with E-state index in [4.69, 9.17) is 30.5 Å². The molecule has 0 bridgehead atoms. The van der Waals surface area contributed by atoms with Crippen LogP contribution < -0.4 is 5.32 Å². The van der Waals surface area contributed by atoms with Crippen LogP contribution in [-0.2, 0) is 23.5 Å². The van der Waals surface area contributed by atoms with Crippen molar-refractivity contribution >= 4 is 36.0 Å². The fourth-order valence-electron chi connectivity index (χ4n) is 4.37. The second kappa shape index (κ2) is 12.3. The van der Waals surface area contributed by atoms with Crippen molar-refractivity contribution in [2.24, 2.45) is 0 Å². The summed E-state index contributed by atoms with van der Waals surface area (Å²) >= 11 is 6.18. The molecule has 3 aromatic rings. The molecule has 0 unspecified atom stereocenters. The van der Waals surface area contributed by atoms with Crippen LogP contribution in [0.5, 0.6) is 0 Å². The standard InChI is InChI=1S/C23H30ClFN5O9P/c1-12(13-4-6-14(25)7-5-13)27-19-15-8-26-30(20(15)29-22(24)28-19)21-18(32)17(31)16(39-21)9-38-23(10-36-2,11-37-3)40(33,34)35/h4-8,12,16-18,21,31-32H,9-11H2,1-3H3,(H,27,28,29)(H2,33,34,35)/t12-,16+,17+,18+,21+/m0/s1. The number of hydrogen-bond donors (Lipinski definition) is 5. The SMILES string of the molecule is COCC(COC)(OC[C@H]1O[C@@H](n2ncc3c(N[C@@H](C)c4ccc(F)cc4)nc(Cl)nc32)[C@H](O)[C@@H]1O)P(=O)(O)O. The van der Waals surface area contributed by atoms with E-state index in [-0.39, 0.29) is 22.8 Å². The highest BCUT2D eigenvalue weighted by atomic mass is 35.5. The third-order valence-electron chi connectivity index (χ3n) is 6.51. The predicted molar refractivity (Wildman–Crippen MR) is 139 cm³/mol. The molecule has 1 fully saturated rings. The lowest BCUT2D eigenvalue weighted by molar-refractivity contribution is -0.129. The lowest BCUT2D eigenvalue weighted by Gasteiger charge is -2.33. The minimum Gasteiger partial charge on any atom is -0.387 e. The van der Waals surface area contributed by atoms with Gasteiger partial charge in [0, 0.05) is 20.3 Å². The summed E-state index contributed by atoms with van der Waals surface area (Å²) in [4.78, 5) is 28.3. The minimum absolute atomic E-state index is 0.137. The number of anilines is 1. The van der Waals surface area contributed by atoms with Crippen molar-refractivity contribution in [1.82, 2.24) is 19.7 Å². The molecular weight excluding hydrogens is 576 g/mol. The summed E-state index contributed by atoms with van der Waals surface area (Å²) in [6.07, 6.45) is -4.09. The number of aromatic nitrogens is 4. The minimum atomic E-state index is -4.92. The molecule has 1 saturated heterocycles. The Morgan fingerprint density at radius 2 is 1.82 bits per heavy atom. The normalized spacial score (nSPS) is 22.6. The van der Waals surface area contributed by atoms with E-state index in [1.807, 2.05) is 6.92 Å². The maximum atomic E-state index is 13.3. The third-order valence-corrected chi connectivity index (χ3v) is 8.13. The van der Waals surface area contributed by atoms with E-state index in [9.17, 15) is 29.0 Å². The van der Waals surface area contributed by atoms with Crippen LogP contribution in [0.1, 0.15) is 24.8 Å². The van der Waals surface area contributed by atoms with E-state index in [1.54, 1.807) is 12.1 Å². The summed E-state index contributed by atoms with van der Waals surface area (Å²) in [5.74, 6) is -0.0490. The van der Waals surface area contributed by atoms with Crippen molar-refractivity contribution in [1.29, 1.82) is 0 Å². The van der Waals surface area contributed by atoms with Gasteiger partial charge in [-0.1, -0.05) is 12.1 Å². The Kier molecular flexibility index (Phi) is 9.42. The zero-order valence-corrected chi connectivity index (χ0v) is 23.4. The molecule has 0 radical (unpaired) electrons. The quantitative estimate of drug-likeness (QED) is 0.148. The first-order valence-electron chi connectivity index (χ1n) is 12.0. The maximum Gasteiger partial charge on any atom is 0.361 e. The van der Waals surface area contributed by atoms with Crippen LogP contribution in [0.25, 0.3) is 11.0 Å². The van der Waals surface area contributed by atoms with Gasteiger partial charge in [-0.05, 0) is 36.2 Å². The zero-order chi connectivity index (χ0) is 29.2. The molecule has 5 atom stereocenters. The molecule has 220 valence electrons. The second-order valence-electron chi connectivity index (χ2n) is 9.30. The van der Waals surface area contributed by atoms with Crippen LogP contribution >= 0.6 is 19.2 Å². The van der Waals surface area contributed by atoms with Crippen LogP contribution in [0.3, 0.4) is 0 Å². The average Bonchev–Trinajstić information content (AvgIpc) is 3.43. The molecular formula is C23H30ClFN5O9P. The smallest absolute Gasteiger partial charge is 0.361 e. The monoisotopic (exact) mass is 605 g/mol. The van der Waals surface area contributed by atoms with Crippen molar-refractivity contribution in [3.8, 4) is 0 Å². The van der Waals surface area contributed by atoms with Crippen LogP contribution in [-0.4, -0.2) is 97.4 Å². The lowest BCUT2D eigenvalue weighted by Crippen LogP contribution is -2.45. The Morgan fingerprint density at radius 1 is 1.18 bits per heavy atom. The Morgan fingerprint density at radius 3 is 2.42 bits per heavy atom. The molecule has 40 heavy (non-hydrogen) atoms. The van der Waals surface area contributed by atoms with Gasteiger partial charge in [0.2, 0.25) is 10.6 Å². The first kappa shape index (κ1) is 30.7. The van der Waals surface area contributed by atoms with Gasteiger partial charge in [0.1, 0.15) is 29.9 Å². The highest BCUT2D eigenvalue weighted by molar-refractivity contribution is 7.53. The Balaban J connectivity index is 1.57. The molecule has 1 aliphatic heterocycles. The highest BCUT2D eigenvalue weighted by Gasteiger charge is 2.52. The van der Waals surface area contributed by atoms with Gasteiger partial charge < -0.3 is 44.3 Å². The van der Waals surface area contributed by atoms with Crippen molar-refractivity contribution in [2.75, 3.05) is 39.4 Å². The van der Waals surface area contributed by atoms with E-state index in [1.165, 1.54) is 37.2 Å². The molecule has 5 N–H and O–H groups in total. The number of halogens is 2. The summed E-state index contributed by atoms with van der Waals surface area (Å²) in [7, 11) is -2.44. The lowest BCUT2D eigenvalue weighted by atomic mass is 10.1. The average molecular weight is 606 g/mol.